The van der Waals surface area contributed by atoms with E-state index in [2.05, 4.69) is 15.0 Å². The molecule has 20 heavy (non-hydrogen) atoms. The van der Waals surface area contributed by atoms with Crippen molar-refractivity contribution in [1.82, 2.24) is 15.0 Å². The summed E-state index contributed by atoms with van der Waals surface area (Å²) in [4.78, 5) is 4.37. The molecule has 0 spiro atoms. The Kier molecular flexibility index (Phi) is 6.01. The number of rotatable bonds is 7. The summed E-state index contributed by atoms with van der Waals surface area (Å²) in [6.45, 7) is 0. The predicted molar refractivity (Wildman–Crippen MR) is 80.0 cm³/mol. The van der Waals surface area contributed by atoms with Crippen LogP contribution >= 0.6 is 0 Å². The molecular formula is C15H28N4O. The van der Waals surface area contributed by atoms with Crippen LogP contribution < -0.4 is 11.3 Å². The zero-order valence-corrected chi connectivity index (χ0v) is 12.7. The number of aromatic nitrogens is 2. The Balaban J connectivity index is 1.92. The van der Waals surface area contributed by atoms with Crippen molar-refractivity contribution in [2.75, 3.05) is 7.11 Å². The van der Waals surface area contributed by atoms with Crippen LogP contribution in [0.25, 0.3) is 0 Å². The van der Waals surface area contributed by atoms with Crippen LogP contribution in [-0.4, -0.2) is 28.8 Å². The number of aryl methyl sites for hydroxylation is 2. The molecule has 5 nitrogen and oxygen atoms in total. The number of hydrogen-bond donors (Lipinski definition) is 2. The summed E-state index contributed by atoms with van der Waals surface area (Å²) in [7, 11) is 3.84. The van der Waals surface area contributed by atoms with Gasteiger partial charge in [-0.3, -0.25) is 11.3 Å². The first-order chi connectivity index (χ1) is 9.76. The first-order valence-corrected chi connectivity index (χ1v) is 7.71. The van der Waals surface area contributed by atoms with Crippen LogP contribution in [0.4, 0.5) is 0 Å². The molecule has 0 radical (unpaired) electrons. The fourth-order valence-electron chi connectivity index (χ4n) is 3.41. The topological polar surface area (TPSA) is 65.1 Å². The summed E-state index contributed by atoms with van der Waals surface area (Å²) in [6.07, 6.45) is 12.4. The molecule has 1 aromatic heterocycles. The van der Waals surface area contributed by atoms with Crippen LogP contribution in [0.2, 0.25) is 0 Å². The van der Waals surface area contributed by atoms with E-state index in [1.807, 2.05) is 26.6 Å². The lowest BCUT2D eigenvalue weighted by atomic mass is 9.81. The van der Waals surface area contributed by atoms with Crippen LogP contribution in [0.5, 0.6) is 0 Å². The summed E-state index contributed by atoms with van der Waals surface area (Å²) in [6, 6.07) is 0.194. The molecule has 1 aromatic rings. The average molecular weight is 280 g/mol. The van der Waals surface area contributed by atoms with Crippen LogP contribution in [-0.2, 0) is 18.2 Å². The number of nitrogens with zero attached hydrogens (tertiary/aromatic N) is 2. The molecule has 3 N–H and O–H groups in total. The van der Waals surface area contributed by atoms with E-state index in [0.29, 0.717) is 5.92 Å². The largest absolute Gasteiger partial charge is 0.379 e. The van der Waals surface area contributed by atoms with Gasteiger partial charge in [-0.1, -0.05) is 19.3 Å². The van der Waals surface area contributed by atoms with E-state index in [0.717, 1.165) is 18.7 Å². The van der Waals surface area contributed by atoms with Gasteiger partial charge in [0.05, 0.1) is 6.10 Å². The number of nitrogens with one attached hydrogen (secondary N) is 1. The molecule has 1 saturated carbocycles. The second-order valence-corrected chi connectivity index (χ2v) is 5.86. The Hall–Kier alpha value is -0.910. The van der Waals surface area contributed by atoms with E-state index in [4.69, 9.17) is 10.6 Å². The van der Waals surface area contributed by atoms with Gasteiger partial charge in [-0.05, 0) is 25.2 Å². The molecule has 1 fully saturated rings. The highest BCUT2D eigenvalue weighted by Crippen LogP contribution is 2.30. The summed E-state index contributed by atoms with van der Waals surface area (Å²) in [5.41, 5.74) is 2.97. The quantitative estimate of drug-likeness (QED) is 0.590. The molecule has 2 atom stereocenters. The lowest BCUT2D eigenvalue weighted by molar-refractivity contribution is 0.00601. The molecule has 0 aliphatic heterocycles. The van der Waals surface area contributed by atoms with Gasteiger partial charge >= 0.3 is 0 Å². The minimum Gasteiger partial charge on any atom is -0.379 e. The molecule has 0 bridgehead atoms. The number of nitrogens with two attached hydrogens (primary N) is 1. The van der Waals surface area contributed by atoms with E-state index >= 15 is 0 Å². The van der Waals surface area contributed by atoms with Gasteiger partial charge in [0.15, 0.2) is 0 Å². The molecule has 1 heterocycles. The van der Waals surface area contributed by atoms with Crippen molar-refractivity contribution < 1.29 is 4.74 Å². The third-order valence-corrected chi connectivity index (χ3v) is 4.60. The van der Waals surface area contributed by atoms with Gasteiger partial charge in [-0.25, -0.2) is 4.98 Å². The number of methoxy groups -OCH3 is 1. The van der Waals surface area contributed by atoms with Crippen LogP contribution in [0.3, 0.4) is 0 Å². The second-order valence-electron chi connectivity index (χ2n) is 5.86. The third kappa shape index (κ3) is 3.81. The molecule has 2 rings (SSSR count). The Morgan fingerprint density at radius 3 is 2.75 bits per heavy atom. The first-order valence-electron chi connectivity index (χ1n) is 7.71. The van der Waals surface area contributed by atoms with Gasteiger partial charge in [-0.15, -0.1) is 0 Å². The lowest BCUT2D eigenvalue weighted by Crippen LogP contribution is -2.48. The van der Waals surface area contributed by atoms with Crippen molar-refractivity contribution in [1.29, 1.82) is 0 Å². The highest BCUT2D eigenvalue weighted by Gasteiger charge is 2.30. The van der Waals surface area contributed by atoms with E-state index in [9.17, 15) is 0 Å². The number of ether oxygens (including phenoxy) is 1. The van der Waals surface area contributed by atoms with Gasteiger partial charge in [0.2, 0.25) is 0 Å². The molecule has 1 aliphatic carbocycles. The minimum atomic E-state index is 0.194. The maximum atomic E-state index is 5.78. The molecular weight excluding hydrogens is 252 g/mol. The van der Waals surface area contributed by atoms with E-state index in [1.54, 1.807) is 0 Å². The smallest absolute Gasteiger partial charge is 0.108 e. The Labute approximate surface area is 121 Å². The van der Waals surface area contributed by atoms with E-state index in [1.165, 1.54) is 32.1 Å². The SMILES string of the molecule is COC(C1CCCCC1)C(CCc1nccn1C)NN. The highest BCUT2D eigenvalue weighted by molar-refractivity contribution is 4.93. The Morgan fingerprint density at radius 2 is 2.20 bits per heavy atom. The number of hydrogen-bond acceptors (Lipinski definition) is 4. The minimum absolute atomic E-state index is 0.194. The average Bonchev–Trinajstić information content (AvgIpc) is 2.90. The standard InChI is InChI=1S/C15H28N4O/c1-19-11-10-17-14(19)9-8-13(18-16)15(20-2)12-6-4-3-5-7-12/h10-13,15,18H,3-9,16H2,1-2H3. The van der Waals surface area contributed by atoms with E-state index in [-0.39, 0.29) is 12.1 Å². The summed E-state index contributed by atoms with van der Waals surface area (Å²) >= 11 is 0. The maximum Gasteiger partial charge on any atom is 0.108 e. The van der Waals surface area contributed by atoms with Crippen LogP contribution in [0, 0.1) is 5.92 Å². The van der Waals surface area contributed by atoms with Gasteiger partial charge in [-0.2, -0.15) is 0 Å². The number of imidazole rings is 1. The highest BCUT2D eigenvalue weighted by atomic mass is 16.5. The van der Waals surface area contributed by atoms with Crippen molar-refractivity contribution in [2.24, 2.45) is 18.8 Å². The molecule has 5 heteroatoms. The van der Waals surface area contributed by atoms with Gasteiger partial charge in [0.1, 0.15) is 5.82 Å². The summed E-state index contributed by atoms with van der Waals surface area (Å²) in [5.74, 6) is 7.51. The molecule has 1 aliphatic rings. The number of hydrazine groups is 1. The fraction of sp³-hybridized carbons (Fsp3) is 0.800. The van der Waals surface area contributed by atoms with Crippen molar-refractivity contribution in [2.45, 2.75) is 57.1 Å². The van der Waals surface area contributed by atoms with Crippen LogP contribution in [0.1, 0.15) is 44.3 Å². The molecule has 114 valence electrons. The summed E-state index contributed by atoms with van der Waals surface area (Å²) < 4.78 is 7.84. The third-order valence-electron chi connectivity index (χ3n) is 4.60. The van der Waals surface area contributed by atoms with Gasteiger partial charge < -0.3 is 9.30 Å². The van der Waals surface area contributed by atoms with Crippen molar-refractivity contribution in [3.63, 3.8) is 0 Å². The van der Waals surface area contributed by atoms with Gasteiger partial charge in [0.25, 0.3) is 0 Å². The van der Waals surface area contributed by atoms with Crippen molar-refractivity contribution in [3.8, 4) is 0 Å². The Morgan fingerprint density at radius 1 is 1.45 bits per heavy atom. The van der Waals surface area contributed by atoms with Crippen molar-refractivity contribution in [3.05, 3.63) is 18.2 Å². The molecule has 0 amide bonds. The zero-order valence-electron chi connectivity index (χ0n) is 12.7. The van der Waals surface area contributed by atoms with Crippen molar-refractivity contribution >= 4 is 0 Å². The monoisotopic (exact) mass is 280 g/mol. The molecule has 0 aromatic carbocycles. The second kappa shape index (κ2) is 7.76. The fourth-order valence-corrected chi connectivity index (χ4v) is 3.41. The Bertz CT molecular complexity index is 387. The molecule has 0 saturated heterocycles. The lowest BCUT2D eigenvalue weighted by Gasteiger charge is -2.34. The predicted octanol–water partition coefficient (Wildman–Crippen LogP) is 1.78. The van der Waals surface area contributed by atoms with Crippen LogP contribution in [0.15, 0.2) is 12.4 Å². The first kappa shape index (κ1) is 15.5. The van der Waals surface area contributed by atoms with Gasteiger partial charge in [0, 0.05) is 39.0 Å². The molecule has 2 unspecified atom stereocenters. The maximum absolute atomic E-state index is 5.78. The summed E-state index contributed by atoms with van der Waals surface area (Å²) in [5, 5.41) is 0. The zero-order chi connectivity index (χ0) is 14.4. The normalized spacial score (nSPS) is 19.9. The van der Waals surface area contributed by atoms with E-state index < -0.39 is 0 Å².